The van der Waals surface area contributed by atoms with E-state index in [4.69, 9.17) is 0 Å². The molecule has 1 saturated carbocycles. The van der Waals surface area contributed by atoms with Crippen LogP contribution in [-0.2, 0) is 10.0 Å². The van der Waals surface area contributed by atoms with Gasteiger partial charge in [-0.3, -0.25) is 0 Å². The molecule has 1 saturated heterocycles. The van der Waals surface area contributed by atoms with Crippen molar-refractivity contribution in [3.63, 3.8) is 0 Å². The van der Waals surface area contributed by atoms with Crippen molar-refractivity contribution in [2.45, 2.75) is 43.0 Å². The fourth-order valence-corrected chi connectivity index (χ4v) is 5.16. The highest BCUT2D eigenvalue weighted by atomic mass is 32.2. The third kappa shape index (κ3) is 4.22. The van der Waals surface area contributed by atoms with E-state index < -0.39 is 10.0 Å². The monoisotopic (exact) mass is 365 g/mol. The van der Waals surface area contributed by atoms with Gasteiger partial charge >= 0.3 is 0 Å². The summed E-state index contributed by atoms with van der Waals surface area (Å²) in [6, 6.07) is 6.79. The van der Waals surface area contributed by atoms with Gasteiger partial charge in [0.15, 0.2) is 12.3 Å². The van der Waals surface area contributed by atoms with E-state index in [0.717, 1.165) is 43.5 Å². The molecule has 6 nitrogen and oxygen atoms in total. The zero-order valence-electron chi connectivity index (χ0n) is 14.8. The van der Waals surface area contributed by atoms with Gasteiger partial charge in [-0.1, -0.05) is 18.6 Å². The summed E-state index contributed by atoms with van der Waals surface area (Å²) in [5.41, 5.74) is 0.488. The molecule has 2 fully saturated rings. The number of hydrogen-bond donors (Lipinski definition) is 0. The number of nitrogens with zero attached hydrogens (tertiary/aromatic N) is 3. The molecule has 0 unspecified atom stereocenters. The van der Waals surface area contributed by atoms with Crippen LogP contribution in [0.5, 0.6) is 0 Å². The molecule has 1 aliphatic heterocycles. The van der Waals surface area contributed by atoms with Crippen molar-refractivity contribution >= 4 is 16.2 Å². The van der Waals surface area contributed by atoms with Gasteiger partial charge in [0, 0.05) is 39.0 Å². The van der Waals surface area contributed by atoms with Gasteiger partial charge in [-0.2, -0.15) is 4.31 Å². The van der Waals surface area contributed by atoms with Gasteiger partial charge in [0.05, 0.1) is 10.5 Å². The van der Waals surface area contributed by atoms with Crippen molar-refractivity contribution < 1.29 is 13.2 Å². The van der Waals surface area contributed by atoms with E-state index in [1.807, 2.05) is 7.05 Å². The van der Waals surface area contributed by atoms with Crippen LogP contribution < -0.4 is 0 Å². The van der Waals surface area contributed by atoms with Crippen molar-refractivity contribution in [2.75, 3.05) is 33.2 Å². The molecule has 3 rings (SSSR count). The lowest BCUT2D eigenvalue weighted by molar-refractivity contribution is -0.500. The summed E-state index contributed by atoms with van der Waals surface area (Å²) in [4.78, 5) is 2.35. The fourth-order valence-electron chi connectivity index (χ4n) is 3.57. The molecule has 0 amide bonds. The molecule has 138 valence electrons. The van der Waals surface area contributed by atoms with Crippen LogP contribution in [0.15, 0.2) is 29.2 Å². The number of hydrogen-bond acceptors (Lipinski definition) is 4. The van der Waals surface area contributed by atoms with Gasteiger partial charge in [0.2, 0.25) is 10.0 Å². The van der Waals surface area contributed by atoms with Gasteiger partial charge in [-0.05, 0) is 32.0 Å². The standard InChI is InChI=1S/C18H27N3O3S/c1-19-11-13-20(14-12-19)25(23,24)18-10-6-5-7-16(18)15-21(22)17-8-3-2-4-9-17/h5-7,10,15,17H,2-4,8-9,11-14H2,1H3/b21-15-. The second-order valence-electron chi connectivity index (χ2n) is 7.03. The summed E-state index contributed by atoms with van der Waals surface area (Å²) in [5, 5.41) is 12.5. The van der Waals surface area contributed by atoms with Crippen LogP contribution in [0.3, 0.4) is 0 Å². The molecule has 1 aromatic carbocycles. The predicted molar refractivity (Wildman–Crippen MR) is 98.4 cm³/mol. The van der Waals surface area contributed by atoms with Crippen LogP contribution in [0.2, 0.25) is 0 Å². The molecule has 25 heavy (non-hydrogen) atoms. The first kappa shape index (κ1) is 18.4. The number of sulfonamides is 1. The average Bonchev–Trinajstić information content (AvgIpc) is 2.63. The molecule has 0 aromatic heterocycles. The molecule has 0 radical (unpaired) electrons. The Morgan fingerprint density at radius 1 is 1.08 bits per heavy atom. The lowest BCUT2D eigenvalue weighted by Gasteiger charge is -2.31. The maximum absolute atomic E-state index is 13.0. The van der Waals surface area contributed by atoms with E-state index in [0.29, 0.717) is 18.7 Å². The van der Waals surface area contributed by atoms with E-state index >= 15 is 0 Å². The topological polar surface area (TPSA) is 66.7 Å². The highest BCUT2D eigenvalue weighted by Gasteiger charge is 2.30. The normalized spacial score (nSPS) is 22.2. The first-order valence-electron chi connectivity index (χ1n) is 9.06. The van der Waals surface area contributed by atoms with Crippen LogP contribution in [0.4, 0.5) is 0 Å². The van der Waals surface area contributed by atoms with Crippen molar-refractivity contribution in [1.29, 1.82) is 0 Å². The van der Waals surface area contributed by atoms with Gasteiger partial charge in [0.1, 0.15) is 0 Å². The quantitative estimate of drug-likeness (QED) is 0.354. The maximum atomic E-state index is 13.0. The van der Waals surface area contributed by atoms with Crippen molar-refractivity contribution in [3.8, 4) is 0 Å². The number of likely N-dealkylation sites (N-methyl/N-ethyl adjacent to an activating group) is 1. The minimum Gasteiger partial charge on any atom is -0.624 e. The molecule has 2 aliphatic rings. The van der Waals surface area contributed by atoms with Crippen LogP contribution >= 0.6 is 0 Å². The third-order valence-corrected chi connectivity index (χ3v) is 7.17. The lowest BCUT2D eigenvalue weighted by atomic mass is 9.96. The Labute approximate surface area is 150 Å². The first-order valence-corrected chi connectivity index (χ1v) is 10.5. The summed E-state index contributed by atoms with van der Waals surface area (Å²) in [5.74, 6) is 0. The van der Waals surface area contributed by atoms with Crippen LogP contribution in [0.25, 0.3) is 0 Å². The van der Waals surface area contributed by atoms with E-state index in [2.05, 4.69) is 4.90 Å². The molecule has 1 aliphatic carbocycles. The Hall–Kier alpha value is -1.44. The largest absolute Gasteiger partial charge is 0.624 e. The molecule has 1 heterocycles. The van der Waals surface area contributed by atoms with Gasteiger partial charge in [-0.25, -0.2) is 13.2 Å². The number of rotatable bonds is 4. The molecular formula is C18H27N3O3S. The Balaban J connectivity index is 1.87. The third-order valence-electron chi connectivity index (χ3n) is 5.20. The zero-order valence-corrected chi connectivity index (χ0v) is 15.6. The summed E-state index contributed by atoms with van der Waals surface area (Å²) in [7, 11) is -1.59. The summed E-state index contributed by atoms with van der Waals surface area (Å²) < 4.78 is 28.6. The fraction of sp³-hybridized carbons (Fsp3) is 0.611. The second kappa shape index (κ2) is 7.85. The number of hydroxylamine groups is 1. The smallest absolute Gasteiger partial charge is 0.243 e. The summed E-state index contributed by atoms with van der Waals surface area (Å²) in [6.45, 7) is 2.41. The minimum atomic E-state index is -3.58. The molecule has 0 spiro atoms. The lowest BCUT2D eigenvalue weighted by Crippen LogP contribution is -2.47. The van der Waals surface area contributed by atoms with E-state index in [9.17, 15) is 13.6 Å². The zero-order chi connectivity index (χ0) is 17.9. The first-order chi connectivity index (χ1) is 12.0. The van der Waals surface area contributed by atoms with Crippen LogP contribution in [0.1, 0.15) is 37.7 Å². The molecule has 0 atom stereocenters. The van der Waals surface area contributed by atoms with E-state index in [1.54, 1.807) is 24.3 Å². The molecule has 0 bridgehead atoms. The van der Waals surface area contributed by atoms with E-state index in [-0.39, 0.29) is 10.9 Å². The molecule has 0 N–H and O–H groups in total. The van der Waals surface area contributed by atoms with Crippen molar-refractivity contribution in [2.24, 2.45) is 0 Å². The van der Waals surface area contributed by atoms with Gasteiger partial charge in [0.25, 0.3) is 0 Å². The Bertz CT molecular complexity index is 719. The SMILES string of the molecule is CN1CCN(S(=O)(=O)c2ccccc2/C=[N+](\[O-])C2CCCCC2)CC1. The highest BCUT2D eigenvalue weighted by molar-refractivity contribution is 7.89. The van der Waals surface area contributed by atoms with Gasteiger partial charge < -0.3 is 10.1 Å². The minimum absolute atomic E-state index is 0.0341. The van der Waals surface area contributed by atoms with E-state index in [1.165, 1.54) is 16.9 Å². The molecule has 1 aromatic rings. The van der Waals surface area contributed by atoms with Crippen molar-refractivity contribution in [3.05, 3.63) is 35.0 Å². The van der Waals surface area contributed by atoms with Crippen molar-refractivity contribution in [1.82, 2.24) is 9.21 Å². The molecular weight excluding hydrogens is 338 g/mol. The van der Waals surface area contributed by atoms with Gasteiger partial charge in [-0.15, -0.1) is 0 Å². The number of benzene rings is 1. The summed E-state index contributed by atoms with van der Waals surface area (Å²) in [6.07, 6.45) is 6.55. The molecule has 7 heteroatoms. The number of piperazine rings is 1. The average molecular weight is 365 g/mol. The Morgan fingerprint density at radius 3 is 2.40 bits per heavy atom. The highest BCUT2D eigenvalue weighted by Crippen LogP contribution is 2.22. The van der Waals surface area contributed by atoms with Crippen LogP contribution in [0, 0.1) is 5.21 Å². The maximum Gasteiger partial charge on any atom is 0.243 e. The Kier molecular flexibility index (Phi) is 5.76. The second-order valence-corrected chi connectivity index (χ2v) is 8.93. The summed E-state index contributed by atoms with van der Waals surface area (Å²) >= 11 is 0. The Morgan fingerprint density at radius 2 is 1.72 bits per heavy atom. The predicted octanol–water partition coefficient (Wildman–Crippen LogP) is 1.88. The van der Waals surface area contributed by atoms with Crippen LogP contribution in [-0.4, -0.2) is 67.8 Å².